The van der Waals surface area contributed by atoms with Crippen molar-refractivity contribution in [2.24, 2.45) is 11.8 Å². The molecular weight excluding hydrogens is 446 g/mol. The van der Waals surface area contributed by atoms with E-state index in [1.54, 1.807) is 0 Å². The summed E-state index contributed by atoms with van der Waals surface area (Å²) in [5, 5.41) is 31.9. The van der Waals surface area contributed by atoms with Gasteiger partial charge < -0.3 is 14.7 Å². The fourth-order valence-corrected chi connectivity index (χ4v) is 4.64. The molecule has 11 heteroatoms. The molecule has 4 rings (SSSR count). The predicted octanol–water partition coefficient (Wildman–Crippen LogP) is 2.82. The Labute approximate surface area is 193 Å². The van der Waals surface area contributed by atoms with Gasteiger partial charge in [0, 0.05) is 30.2 Å². The van der Waals surface area contributed by atoms with Crippen LogP contribution in [0.2, 0.25) is 0 Å². The highest BCUT2D eigenvalue weighted by atomic mass is 16.6. The molecule has 176 valence electrons. The van der Waals surface area contributed by atoms with Crippen LogP contribution in [0.15, 0.2) is 54.2 Å². The number of β-lactam (4-membered cyclic amide) rings is 1. The van der Waals surface area contributed by atoms with Crippen LogP contribution < -0.4 is 0 Å². The second kappa shape index (κ2) is 8.67. The number of nitro groups is 2. The largest absolute Gasteiger partial charge is 0.456 e. The van der Waals surface area contributed by atoms with Crippen LogP contribution in [0.1, 0.15) is 25.0 Å². The number of carbonyl (C=O) groups is 2. The van der Waals surface area contributed by atoms with Crippen LogP contribution >= 0.6 is 0 Å². The lowest BCUT2D eigenvalue weighted by atomic mass is 9.77. The van der Waals surface area contributed by atoms with Gasteiger partial charge in [0.2, 0.25) is 5.91 Å². The minimum Gasteiger partial charge on any atom is -0.456 e. The summed E-state index contributed by atoms with van der Waals surface area (Å²) in [5.41, 5.74) is 1.39. The lowest BCUT2D eigenvalue weighted by molar-refractivity contribution is -0.385. The molecule has 34 heavy (non-hydrogen) atoms. The van der Waals surface area contributed by atoms with E-state index >= 15 is 0 Å². The zero-order chi connectivity index (χ0) is 24.7. The van der Waals surface area contributed by atoms with E-state index in [-0.39, 0.29) is 29.6 Å². The lowest BCUT2D eigenvalue weighted by Crippen LogP contribution is -2.63. The van der Waals surface area contributed by atoms with E-state index in [4.69, 9.17) is 4.74 Å². The average molecular weight is 467 g/mol. The number of aliphatic hydroxyl groups excluding tert-OH is 1. The van der Waals surface area contributed by atoms with E-state index in [2.05, 4.69) is 0 Å². The number of amides is 1. The summed E-state index contributed by atoms with van der Waals surface area (Å²) < 4.78 is 5.44. The molecule has 1 unspecified atom stereocenters. The van der Waals surface area contributed by atoms with Crippen molar-refractivity contribution in [2.45, 2.75) is 32.6 Å². The lowest BCUT2D eigenvalue weighted by Gasteiger charge is -2.46. The third-order valence-electron chi connectivity index (χ3n) is 6.27. The molecule has 0 spiro atoms. The highest BCUT2D eigenvalue weighted by molar-refractivity contribution is 6.07. The molecule has 2 aliphatic heterocycles. The Morgan fingerprint density at radius 2 is 1.59 bits per heavy atom. The van der Waals surface area contributed by atoms with Crippen LogP contribution in [0.5, 0.6) is 0 Å². The van der Waals surface area contributed by atoms with E-state index in [0.717, 1.165) is 0 Å². The number of nitrogens with zero attached hydrogens (tertiary/aromatic N) is 3. The predicted molar refractivity (Wildman–Crippen MR) is 118 cm³/mol. The van der Waals surface area contributed by atoms with Crippen molar-refractivity contribution in [1.29, 1.82) is 0 Å². The summed E-state index contributed by atoms with van der Waals surface area (Å²) in [5.74, 6) is -2.17. The first-order chi connectivity index (χ1) is 16.1. The second-order valence-electron chi connectivity index (χ2n) is 8.32. The molecule has 1 saturated heterocycles. The van der Waals surface area contributed by atoms with Crippen molar-refractivity contribution in [3.05, 3.63) is 85.6 Å². The summed E-state index contributed by atoms with van der Waals surface area (Å²) >= 11 is 0. The van der Waals surface area contributed by atoms with E-state index in [1.165, 1.54) is 60.4 Å². The Kier molecular flexibility index (Phi) is 5.88. The smallest absolute Gasteiger partial charge is 0.355 e. The molecule has 2 aromatic rings. The minimum atomic E-state index is -0.912. The van der Waals surface area contributed by atoms with Crippen LogP contribution in [0, 0.1) is 32.1 Å². The van der Waals surface area contributed by atoms with Gasteiger partial charge in [0.1, 0.15) is 12.3 Å². The van der Waals surface area contributed by atoms with Crippen molar-refractivity contribution < 1.29 is 29.3 Å². The third-order valence-corrected chi connectivity index (χ3v) is 6.27. The number of fused-ring (bicyclic) bond motifs is 1. The van der Waals surface area contributed by atoms with Crippen LogP contribution in [-0.4, -0.2) is 43.9 Å². The SMILES string of the molecule is CC(O)[C@H]1C(=O)N2C(C(=O)OCc3ccc([N+](=O)[O-])cc3)=C(c3ccc([N+](=O)[O-])cc3)[C@H](C)[C@H]12. The average Bonchev–Trinajstić information content (AvgIpc) is 3.06. The standard InChI is InChI=1S/C23H21N3O8/c1-12-18(15-5-9-17(10-6-15)26(32)33)21(24-20(12)19(13(2)27)22(24)28)23(29)34-11-14-3-7-16(8-4-14)25(30)31/h3-10,12-13,19-20,27H,11H2,1-2H3/t12-,13?,19+,20+/m0/s1. The topological polar surface area (TPSA) is 153 Å². The van der Waals surface area contributed by atoms with E-state index < -0.39 is 39.8 Å². The van der Waals surface area contributed by atoms with Crippen molar-refractivity contribution in [1.82, 2.24) is 4.90 Å². The van der Waals surface area contributed by atoms with Gasteiger partial charge in [-0.25, -0.2) is 4.79 Å². The molecule has 1 fully saturated rings. The summed E-state index contributed by atoms with van der Waals surface area (Å²) in [7, 11) is 0. The monoisotopic (exact) mass is 467 g/mol. The van der Waals surface area contributed by atoms with Gasteiger partial charge in [0.05, 0.1) is 27.9 Å². The summed E-state index contributed by atoms with van der Waals surface area (Å²) in [6, 6.07) is 10.7. The fourth-order valence-electron chi connectivity index (χ4n) is 4.64. The number of non-ortho nitro benzene ring substituents is 2. The first-order valence-corrected chi connectivity index (χ1v) is 10.5. The van der Waals surface area contributed by atoms with Crippen LogP contribution in [0.4, 0.5) is 11.4 Å². The Bertz CT molecular complexity index is 1200. The first kappa shape index (κ1) is 23.1. The van der Waals surface area contributed by atoms with Gasteiger partial charge >= 0.3 is 5.97 Å². The molecule has 2 heterocycles. The number of benzene rings is 2. The molecule has 0 aliphatic carbocycles. The molecule has 0 bridgehead atoms. The number of carbonyl (C=O) groups excluding carboxylic acids is 2. The Balaban J connectivity index is 1.66. The minimum absolute atomic E-state index is 0.0372. The van der Waals surface area contributed by atoms with Gasteiger partial charge in [0.25, 0.3) is 11.4 Å². The van der Waals surface area contributed by atoms with Gasteiger partial charge in [-0.15, -0.1) is 0 Å². The van der Waals surface area contributed by atoms with Gasteiger partial charge in [-0.3, -0.25) is 25.0 Å². The molecule has 1 amide bonds. The van der Waals surface area contributed by atoms with Gasteiger partial charge in [-0.2, -0.15) is 0 Å². The Morgan fingerprint density at radius 3 is 2.09 bits per heavy atom. The highest BCUT2D eigenvalue weighted by Crippen LogP contribution is 2.50. The molecular formula is C23H21N3O8. The van der Waals surface area contributed by atoms with E-state index in [9.17, 15) is 34.9 Å². The zero-order valence-corrected chi connectivity index (χ0v) is 18.3. The summed E-state index contributed by atoms with van der Waals surface area (Å²) in [6.45, 7) is 3.17. The van der Waals surface area contributed by atoms with Crippen LogP contribution in [0.3, 0.4) is 0 Å². The molecule has 2 aliphatic rings. The number of aliphatic hydroxyl groups is 1. The normalized spacial score (nSPS) is 22.1. The molecule has 0 aromatic heterocycles. The van der Waals surface area contributed by atoms with E-state index in [0.29, 0.717) is 16.7 Å². The van der Waals surface area contributed by atoms with Gasteiger partial charge in [-0.1, -0.05) is 6.92 Å². The summed E-state index contributed by atoms with van der Waals surface area (Å²) in [6.07, 6.45) is -0.912. The van der Waals surface area contributed by atoms with E-state index in [1.807, 2.05) is 6.92 Å². The zero-order valence-electron chi connectivity index (χ0n) is 18.3. The van der Waals surface area contributed by atoms with Crippen LogP contribution in [0.25, 0.3) is 5.57 Å². The molecule has 4 atom stereocenters. The molecule has 2 aromatic carbocycles. The van der Waals surface area contributed by atoms with Crippen molar-refractivity contribution in [3.63, 3.8) is 0 Å². The van der Waals surface area contributed by atoms with Gasteiger partial charge in [0.15, 0.2) is 0 Å². The molecule has 0 saturated carbocycles. The maximum atomic E-state index is 13.2. The quantitative estimate of drug-likeness (QED) is 0.282. The maximum Gasteiger partial charge on any atom is 0.355 e. The van der Waals surface area contributed by atoms with Gasteiger partial charge in [-0.05, 0) is 47.9 Å². The van der Waals surface area contributed by atoms with Crippen molar-refractivity contribution in [2.75, 3.05) is 0 Å². The Morgan fingerprint density at radius 1 is 1.06 bits per heavy atom. The number of rotatable bonds is 7. The molecule has 1 N–H and O–H groups in total. The maximum absolute atomic E-state index is 13.2. The second-order valence-corrected chi connectivity index (χ2v) is 8.32. The van der Waals surface area contributed by atoms with Crippen LogP contribution in [-0.2, 0) is 20.9 Å². The summed E-state index contributed by atoms with van der Waals surface area (Å²) in [4.78, 5) is 48.1. The first-order valence-electron chi connectivity index (χ1n) is 10.5. The fraction of sp³-hybridized carbons (Fsp3) is 0.304. The van der Waals surface area contributed by atoms with Crippen molar-refractivity contribution in [3.8, 4) is 0 Å². The molecule has 11 nitrogen and oxygen atoms in total. The third kappa shape index (κ3) is 3.79. The number of hydrogen-bond acceptors (Lipinski definition) is 8. The Hall–Kier alpha value is -4.12. The number of hydrogen-bond donors (Lipinski definition) is 1. The highest BCUT2D eigenvalue weighted by Gasteiger charge is 2.60. The number of nitro benzene ring substituents is 2. The number of ether oxygens (including phenoxy) is 1. The number of esters is 1. The molecule has 0 radical (unpaired) electrons. The van der Waals surface area contributed by atoms with Crippen molar-refractivity contribution >= 4 is 28.8 Å².